The summed E-state index contributed by atoms with van der Waals surface area (Å²) in [7, 11) is 0. The molecule has 0 aromatic carbocycles. The topological polar surface area (TPSA) is 0 Å². The van der Waals surface area contributed by atoms with Crippen LogP contribution < -0.4 is 0 Å². The summed E-state index contributed by atoms with van der Waals surface area (Å²) in [6, 6.07) is 0. The van der Waals surface area contributed by atoms with Crippen molar-refractivity contribution in [3.05, 3.63) is 0 Å². The molecule has 0 aliphatic heterocycles. The van der Waals surface area contributed by atoms with E-state index < -0.39 is 0 Å². The summed E-state index contributed by atoms with van der Waals surface area (Å²) in [6.45, 7) is 0. The second-order valence-electron chi connectivity index (χ2n) is 0. The Kier molecular flexibility index (Phi) is 136. The van der Waals surface area contributed by atoms with Gasteiger partial charge in [0.05, 0.1) is 0 Å². The molecule has 0 bridgehead atoms. The molecule has 0 amide bonds. The van der Waals surface area contributed by atoms with Gasteiger partial charge >= 0.3 is 46.1 Å². The van der Waals surface area contributed by atoms with Crippen molar-refractivity contribution in [3.63, 3.8) is 0 Å². The minimum absolute atomic E-state index is 0. The molecule has 0 atom stereocenters. The molecule has 0 rings (SSSR count). The van der Waals surface area contributed by atoms with Crippen molar-refractivity contribution < 1.29 is 39.8 Å². The molecule has 0 aliphatic carbocycles. The molecular weight excluding hydrogens is 158 g/mol. The summed E-state index contributed by atoms with van der Waals surface area (Å²) < 4.78 is 0. The van der Waals surface area contributed by atoms with E-state index >= 15 is 0 Å². The van der Waals surface area contributed by atoms with E-state index in [4.69, 9.17) is 0 Å². The van der Waals surface area contributed by atoms with Gasteiger partial charge in [0.2, 0.25) is 0 Å². The smallest absolute Gasteiger partial charge is 1.00 e. The van der Waals surface area contributed by atoms with Crippen LogP contribution in [0.25, 0.3) is 0 Å². The molecule has 0 aromatic heterocycles. The Morgan fingerprint density at radius 1 is 0.750 bits per heavy atom. The molecule has 0 spiro atoms. The summed E-state index contributed by atoms with van der Waals surface area (Å²) in [5, 5.41) is 0. The first-order valence-corrected chi connectivity index (χ1v) is 0. The van der Waals surface area contributed by atoms with Gasteiger partial charge in [0.1, 0.15) is 0 Å². The van der Waals surface area contributed by atoms with E-state index in [1.807, 2.05) is 0 Å². The molecule has 0 fully saturated rings. The molecule has 0 aliphatic rings. The molecule has 0 saturated carbocycles. The third-order valence-corrected chi connectivity index (χ3v) is 0. The van der Waals surface area contributed by atoms with Crippen molar-refractivity contribution in [3.8, 4) is 0 Å². The molecular formula is H4Mg2Mn2. The zero-order valence-electron chi connectivity index (χ0n) is 6.17. The van der Waals surface area contributed by atoms with Crippen molar-refractivity contribution in [2.75, 3.05) is 0 Å². The normalized spacial score (nSPS) is 0. The van der Waals surface area contributed by atoms with Gasteiger partial charge in [-0.3, -0.25) is 0 Å². The van der Waals surface area contributed by atoms with Crippen molar-refractivity contribution in [1.29, 1.82) is 0 Å². The minimum Gasteiger partial charge on any atom is -1.00 e. The monoisotopic (exact) mass is 162 g/mol. The molecule has 0 heterocycles. The van der Waals surface area contributed by atoms with Crippen LogP contribution in [0.4, 0.5) is 0 Å². The van der Waals surface area contributed by atoms with Gasteiger partial charge in [-0.25, -0.2) is 0 Å². The maximum atomic E-state index is 0. The van der Waals surface area contributed by atoms with Crippen molar-refractivity contribution in [1.82, 2.24) is 0 Å². The minimum atomic E-state index is 0. The Balaban J connectivity index is 0. The molecule has 2 radical (unpaired) electrons. The fourth-order valence-corrected chi connectivity index (χ4v) is 0. The molecule has 22 valence electrons. The van der Waals surface area contributed by atoms with E-state index in [9.17, 15) is 0 Å². The second kappa shape index (κ2) is 17.6. The molecule has 0 N–H and O–H groups in total. The van der Waals surface area contributed by atoms with Crippen LogP contribution in [0.1, 0.15) is 5.71 Å². The Bertz CT molecular complexity index is 12.0. The number of hydrogen-bond acceptors (Lipinski definition) is 0. The average Bonchev–Trinajstić information content (AvgIpc) is 0. The molecule has 4 heteroatoms. The second-order valence-corrected chi connectivity index (χ2v) is 0. The van der Waals surface area contributed by atoms with E-state index in [1.54, 1.807) is 0 Å². The van der Waals surface area contributed by atoms with Crippen molar-refractivity contribution >= 4 is 46.1 Å². The van der Waals surface area contributed by atoms with Crippen LogP contribution in [0.5, 0.6) is 0 Å². The molecule has 0 unspecified atom stereocenters. The Morgan fingerprint density at radius 2 is 0.750 bits per heavy atom. The molecule has 0 nitrogen and oxygen atoms in total. The van der Waals surface area contributed by atoms with Gasteiger partial charge in [-0.1, -0.05) is 0 Å². The summed E-state index contributed by atoms with van der Waals surface area (Å²) in [4.78, 5) is 0. The van der Waals surface area contributed by atoms with Crippen LogP contribution in [0.2, 0.25) is 0 Å². The summed E-state index contributed by atoms with van der Waals surface area (Å²) in [5.41, 5.74) is 0. The molecule has 0 aromatic rings. The third kappa shape index (κ3) is 8.82. The van der Waals surface area contributed by atoms with E-state index in [0.717, 1.165) is 0 Å². The number of rotatable bonds is 0. The van der Waals surface area contributed by atoms with Gasteiger partial charge < -0.3 is 5.71 Å². The fraction of sp³-hybridized carbons (Fsp3) is 0. The van der Waals surface area contributed by atoms with Crippen LogP contribution in [0, 0.1) is 0 Å². The van der Waals surface area contributed by atoms with Gasteiger partial charge in [0.15, 0.2) is 0 Å². The first-order chi connectivity index (χ1) is 0. The zero-order valence-corrected chi connectivity index (χ0v) is 7.36. The van der Waals surface area contributed by atoms with E-state index in [-0.39, 0.29) is 85.9 Å². The molecule has 4 heavy (non-hydrogen) atoms. The Morgan fingerprint density at radius 3 is 0.750 bits per heavy atom. The summed E-state index contributed by atoms with van der Waals surface area (Å²) >= 11 is 0. The van der Waals surface area contributed by atoms with Crippen LogP contribution >= 0.6 is 0 Å². The van der Waals surface area contributed by atoms with Crippen LogP contribution in [-0.4, -0.2) is 46.1 Å². The van der Waals surface area contributed by atoms with Crippen molar-refractivity contribution in [2.45, 2.75) is 0 Å². The van der Waals surface area contributed by atoms with E-state index in [2.05, 4.69) is 0 Å². The fourth-order valence-electron chi connectivity index (χ4n) is 0. The quantitative estimate of drug-likeness (QED) is 0.429. The maximum Gasteiger partial charge on any atom is 2.00 e. The van der Waals surface area contributed by atoms with Crippen LogP contribution in [0.15, 0.2) is 0 Å². The predicted molar refractivity (Wildman–Crippen MR) is 16.0 cm³/mol. The Labute approximate surface area is 85.0 Å². The predicted octanol–water partition coefficient (Wildman–Crippen LogP) is -0.317. The first kappa shape index (κ1) is 30.8. The van der Waals surface area contributed by atoms with Crippen LogP contribution in [-0.2, 0) is 34.1 Å². The van der Waals surface area contributed by atoms with Gasteiger partial charge in [0, 0.05) is 34.1 Å². The first-order valence-electron chi connectivity index (χ1n) is 0. The number of hydrogen-bond donors (Lipinski definition) is 0. The van der Waals surface area contributed by atoms with E-state index in [0.29, 0.717) is 0 Å². The Hall–Kier alpha value is 2.57. The van der Waals surface area contributed by atoms with Gasteiger partial charge in [-0.15, -0.1) is 0 Å². The van der Waals surface area contributed by atoms with Crippen LogP contribution in [0.3, 0.4) is 0 Å². The van der Waals surface area contributed by atoms with Gasteiger partial charge in [0.25, 0.3) is 0 Å². The van der Waals surface area contributed by atoms with Crippen molar-refractivity contribution in [2.24, 2.45) is 0 Å². The zero-order chi connectivity index (χ0) is 0. The summed E-state index contributed by atoms with van der Waals surface area (Å²) in [6.07, 6.45) is 0. The van der Waals surface area contributed by atoms with E-state index in [1.165, 1.54) is 0 Å². The average molecular weight is 163 g/mol. The molecule has 0 saturated heterocycles. The van der Waals surface area contributed by atoms with Gasteiger partial charge in [-0.05, 0) is 0 Å². The van der Waals surface area contributed by atoms with Gasteiger partial charge in [-0.2, -0.15) is 0 Å². The standard InChI is InChI=1S/2Mg.2Mn.4H/q2*+2;;;4*-1. The summed E-state index contributed by atoms with van der Waals surface area (Å²) in [5.74, 6) is 0. The third-order valence-electron chi connectivity index (χ3n) is 0. The largest absolute Gasteiger partial charge is 2.00 e. The SMILES string of the molecule is [H-].[H-].[H-].[H-].[Mg+2].[Mg+2].[Mn].[Mn]. The maximum absolute atomic E-state index is 0.